The van der Waals surface area contributed by atoms with E-state index in [9.17, 15) is 4.79 Å². The van der Waals surface area contributed by atoms with Gasteiger partial charge in [-0.1, -0.05) is 11.6 Å². The van der Waals surface area contributed by atoms with Crippen LogP contribution in [0.5, 0.6) is 11.6 Å². The number of rotatable bonds is 3. The molecule has 2 heterocycles. The minimum Gasteiger partial charge on any atom is -0.437 e. The summed E-state index contributed by atoms with van der Waals surface area (Å²) in [6.07, 6.45) is 3.37. The molecule has 0 radical (unpaired) electrons. The normalized spacial score (nSPS) is 10.1. The summed E-state index contributed by atoms with van der Waals surface area (Å²) in [4.78, 5) is 18.2. The lowest BCUT2D eigenvalue weighted by atomic mass is 10.2. The van der Waals surface area contributed by atoms with Crippen molar-refractivity contribution in [2.45, 2.75) is 6.92 Å². The molecule has 0 fully saturated rings. The third kappa shape index (κ3) is 2.23. The minimum atomic E-state index is -0.116. The van der Waals surface area contributed by atoms with Crippen molar-refractivity contribution in [3.63, 3.8) is 0 Å². The highest BCUT2D eigenvalue weighted by atomic mass is 35.5. The van der Waals surface area contributed by atoms with E-state index in [1.807, 2.05) is 0 Å². The molecule has 0 bridgehead atoms. The molecule has 5 heteroatoms. The molecule has 4 nitrogen and oxygen atoms in total. The van der Waals surface area contributed by atoms with E-state index >= 15 is 0 Å². The third-order valence-electron chi connectivity index (χ3n) is 1.99. The highest BCUT2D eigenvalue weighted by Crippen LogP contribution is 2.24. The number of hydrogen-bond donors (Lipinski definition) is 1. The summed E-state index contributed by atoms with van der Waals surface area (Å²) in [5, 5.41) is 0.288. The number of halogens is 1. The maximum atomic E-state index is 11.3. The molecule has 2 aromatic rings. The van der Waals surface area contributed by atoms with Gasteiger partial charge in [0.25, 0.3) is 0 Å². The first-order valence-corrected chi connectivity index (χ1v) is 5.03. The maximum Gasteiger partial charge on any atom is 0.231 e. The molecule has 0 saturated heterocycles. The Morgan fingerprint density at radius 2 is 2.25 bits per heavy atom. The summed E-state index contributed by atoms with van der Waals surface area (Å²) in [6, 6.07) is 4.88. The van der Waals surface area contributed by atoms with Crippen molar-refractivity contribution in [3.8, 4) is 11.6 Å². The standard InChI is InChI=1S/C11H9ClN2O2/c1-7(15)9-2-3-10(12)14-11(9)16-8-4-5-13-6-8/h2-6,13H,1H3. The van der Waals surface area contributed by atoms with Crippen LogP contribution in [0, 0.1) is 0 Å². The van der Waals surface area contributed by atoms with Gasteiger partial charge < -0.3 is 9.72 Å². The second kappa shape index (κ2) is 4.37. The zero-order valence-electron chi connectivity index (χ0n) is 8.53. The van der Waals surface area contributed by atoms with Gasteiger partial charge in [-0.25, -0.2) is 4.98 Å². The van der Waals surface area contributed by atoms with Gasteiger partial charge in [0.15, 0.2) is 5.78 Å². The van der Waals surface area contributed by atoms with E-state index in [1.165, 1.54) is 6.92 Å². The summed E-state index contributed by atoms with van der Waals surface area (Å²) in [5.74, 6) is 0.687. The topological polar surface area (TPSA) is 55.0 Å². The van der Waals surface area contributed by atoms with E-state index in [1.54, 1.807) is 30.6 Å². The third-order valence-corrected chi connectivity index (χ3v) is 2.20. The first-order valence-electron chi connectivity index (χ1n) is 4.65. The van der Waals surface area contributed by atoms with Crippen molar-refractivity contribution in [2.75, 3.05) is 0 Å². The van der Waals surface area contributed by atoms with Crippen LogP contribution in [-0.4, -0.2) is 15.8 Å². The molecule has 0 aliphatic heterocycles. The Bertz CT molecular complexity index is 509. The van der Waals surface area contributed by atoms with Crippen LogP contribution in [0.25, 0.3) is 0 Å². The minimum absolute atomic E-state index is 0.116. The molecule has 2 aromatic heterocycles. The molecule has 0 atom stereocenters. The zero-order chi connectivity index (χ0) is 11.5. The van der Waals surface area contributed by atoms with Gasteiger partial charge in [0.05, 0.1) is 5.56 Å². The summed E-state index contributed by atoms with van der Waals surface area (Å²) in [6.45, 7) is 1.45. The Labute approximate surface area is 97.2 Å². The summed E-state index contributed by atoms with van der Waals surface area (Å²) in [5.41, 5.74) is 0.408. The van der Waals surface area contributed by atoms with Crippen LogP contribution < -0.4 is 4.74 Å². The van der Waals surface area contributed by atoms with Gasteiger partial charge in [-0.05, 0) is 25.1 Å². The number of H-pyrrole nitrogens is 1. The fourth-order valence-corrected chi connectivity index (χ4v) is 1.39. The van der Waals surface area contributed by atoms with Gasteiger partial charge in [0.1, 0.15) is 10.9 Å². The van der Waals surface area contributed by atoms with Crippen LogP contribution in [0.1, 0.15) is 17.3 Å². The van der Waals surface area contributed by atoms with Crippen molar-refractivity contribution < 1.29 is 9.53 Å². The largest absolute Gasteiger partial charge is 0.437 e. The number of carbonyl (C=O) groups excluding carboxylic acids is 1. The van der Waals surface area contributed by atoms with E-state index in [2.05, 4.69) is 9.97 Å². The molecule has 0 amide bonds. The number of ether oxygens (including phenoxy) is 1. The van der Waals surface area contributed by atoms with Gasteiger partial charge >= 0.3 is 0 Å². The quantitative estimate of drug-likeness (QED) is 0.658. The predicted molar refractivity (Wildman–Crippen MR) is 60.1 cm³/mol. The lowest BCUT2D eigenvalue weighted by Crippen LogP contribution is -1.99. The average Bonchev–Trinajstić information content (AvgIpc) is 2.70. The number of aromatic nitrogens is 2. The number of carbonyl (C=O) groups is 1. The number of Topliss-reactive ketones (excluding diaryl/α,β-unsaturated/α-hetero) is 1. The number of hydrogen-bond acceptors (Lipinski definition) is 3. The summed E-state index contributed by atoms with van der Waals surface area (Å²) < 4.78 is 5.44. The number of pyridine rings is 1. The molecule has 0 aliphatic rings. The van der Waals surface area contributed by atoms with E-state index in [0.717, 1.165) is 0 Å². The Kier molecular flexibility index (Phi) is 2.92. The van der Waals surface area contributed by atoms with Gasteiger partial charge in [-0.2, -0.15) is 0 Å². The van der Waals surface area contributed by atoms with E-state index < -0.39 is 0 Å². The van der Waals surface area contributed by atoms with Crippen molar-refractivity contribution in [3.05, 3.63) is 41.3 Å². The molecular formula is C11H9ClN2O2. The van der Waals surface area contributed by atoms with Crippen molar-refractivity contribution in [2.24, 2.45) is 0 Å². The molecule has 0 saturated carbocycles. The predicted octanol–water partition coefficient (Wildman–Crippen LogP) is 3.06. The highest BCUT2D eigenvalue weighted by molar-refractivity contribution is 6.29. The Morgan fingerprint density at radius 1 is 1.44 bits per heavy atom. The Morgan fingerprint density at radius 3 is 2.88 bits per heavy atom. The molecular weight excluding hydrogens is 228 g/mol. The fourth-order valence-electron chi connectivity index (χ4n) is 1.25. The van der Waals surface area contributed by atoms with Gasteiger partial charge in [0, 0.05) is 12.4 Å². The maximum absolute atomic E-state index is 11.3. The molecule has 0 aliphatic carbocycles. The summed E-state index contributed by atoms with van der Waals surface area (Å²) in [7, 11) is 0. The average molecular weight is 237 g/mol. The van der Waals surface area contributed by atoms with Crippen LogP contribution in [-0.2, 0) is 0 Å². The van der Waals surface area contributed by atoms with E-state index in [-0.39, 0.29) is 16.8 Å². The van der Waals surface area contributed by atoms with Gasteiger partial charge in [-0.15, -0.1) is 0 Å². The smallest absolute Gasteiger partial charge is 0.231 e. The molecule has 0 aromatic carbocycles. The number of nitrogens with zero attached hydrogens (tertiary/aromatic N) is 1. The Hall–Kier alpha value is -1.81. The molecule has 0 spiro atoms. The van der Waals surface area contributed by atoms with Crippen molar-refractivity contribution in [1.82, 2.24) is 9.97 Å². The first-order chi connectivity index (χ1) is 7.66. The lowest BCUT2D eigenvalue weighted by molar-refractivity contribution is 0.101. The van der Waals surface area contributed by atoms with Crippen LogP contribution in [0.4, 0.5) is 0 Å². The van der Waals surface area contributed by atoms with Crippen LogP contribution in [0.2, 0.25) is 5.15 Å². The second-order valence-corrected chi connectivity index (χ2v) is 3.58. The number of aromatic amines is 1. The lowest BCUT2D eigenvalue weighted by Gasteiger charge is -2.06. The monoisotopic (exact) mass is 236 g/mol. The fraction of sp³-hybridized carbons (Fsp3) is 0.0909. The van der Waals surface area contributed by atoms with E-state index in [4.69, 9.17) is 16.3 Å². The molecule has 1 N–H and O–H groups in total. The van der Waals surface area contributed by atoms with Crippen molar-refractivity contribution in [1.29, 1.82) is 0 Å². The SMILES string of the molecule is CC(=O)c1ccc(Cl)nc1Oc1cc[nH]c1. The number of ketones is 1. The van der Waals surface area contributed by atoms with Crippen LogP contribution in [0.15, 0.2) is 30.6 Å². The highest BCUT2D eigenvalue weighted by Gasteiger charge is 2.11. The Balaban J connectivity index is 2.38. The number of nitrogens with one attached hydrogen (secondary N) is 1. The second-order valence-electron chi connectivity index (χ2n) is 3.19. The van der Waals surface area contributed by atoms with Crippen molar-refractivity contribution >= 4 is 17.4 Å². The molecule has 0 unspecified atom stereocenters. The molecule has 2 rings (SSSR count). The van der Waals surface area contributed by atoms with Gasteiger partial charge in [0.2, 0.25) is 5.88 Å². The summed E-state index contributed by atoms with van der Waals surface area (Å²) >= 11 is 5.75. The van der Waals surface area contributed by atoms with Gasteiger partial charge in [-0.3, -0.25) is 4.79 Å². The first kappa shape index (κ1) is 10.7. The van der Waals surface area contributed by atoms with Crippen LogP contribution in [0.3, 0.4) is 0 Å². The van der Waals surface area contributed by atoms with Crippen LogP contribution >= 0.6 is 11.6 Å². The van der Waals surface area contributed by atoms with E-state index in [0.29, 0.717) is 11.3 Å². The molecule has 82 valence electrons. The molecule has 16 heavy (non-hydrogen) atoms. The zero-order valence-corrected chi connectivity index (χ0v) is 9.28.